The summed E-state index contributed by atoms with van der Waals surface area (Å²) in [5.41, 5.74) is 1.06. The van der Waals surface area contributed by atoms with Crippen molar-refractivity contribution >= 4 is 5.78 Å². The van der Waals surface area contributed by atoms with E-state index in [1.807, 2.05) is 0 Å². The largest absolute Gasteiger partial charge is 0.497 e. The van der Waals surface area contributed by atoms with E-state index in [0.29, 0.717) is 16.9 Å². The van der Waals surface area contributed by atoms with E-state index >= 15 is 0 Å². The van der Waals surface area contributed by atoms with Gasteiger partial charge in [0.05, 0.1) is 7.11 Å². The van der Waals surface area contributed by atoms with Gasteiger partial charge in [-0.1, -0.05) is 12.0 Å². The minimum Gasteiger partial charge on any atom is -0.497 e. The highest BCUT2D eigenvalue weighted by Gasteiger charge is 2.01. The summed E-state index contributed by atoms with van der Waals surface area (Å²) in [4.78, 5) is 11.8. The maximum absolute atomic E-state index is 12.7. The molecule has 0 radical (unpaired) electrons. The topological polar surface area (TPSA) is 26.3 Å². The summed E-state index contributed by atoms with van der Waals surface area (Å²) in [6, 6.07) is 12.4. The van der Waals surface area contributed by atoms with Gasteiger partial charge in [-0.2, -0.15) is 0 Å². The van der Waals surface area contributed by atoms with Gasteiger partial charge in [0.15, 0.2) is 0 Å². The summed E-state index contributed by atoms with van der Waals surface area (Å²) in [5.74, 6) is 5.24. The molecule has 0 spiro atoms. The van der Waals surface area contributed by atoms with E-state index in [4.69, 9.17) is 4.74 Å². The first-order valence-electron chi connectivity index (χ1n) is 5.65. The number of hydrogen-bond donors (Lipinski definition) is 0. The average molecular weight is 254 g/mol. The smallest absolute Gasteiger partial charge is 0.236 e. The second-order valence-electron chi connectivity index (χ2n) is 3.82. The molecule has 0 unspecified atom stereocenters. The van der Waals surface area contributed by atoms with Crippen molar-refractivity contribution in [3.63, 3.8) is 0 Å². The van der Waals surface area contributed by atoms with Gasteiger partial charge >= 0.3 is 0 Å². The molecule has 0 saturated carbocycles. The van der Waals surface area contributed by atoms with Crippen molar-refractivity contribution in [2.24, 2.45) is 0 Å². The van der Waals surface area contributed by atoms with Crippen molar-refractivity contribution in [1.82, 2.24) is 0 Å². The van der Waals surface area contributed by atoms with Crippen LogP contribution in [0.2, 0.25) is 0 Å². The van der Waals surface area contributed by atoms with E-state index < -0.39 is 0 Å². The van der Waals surface area contributed by atoms with Gasteiger partial charge in [0, 0.05) is 11.1 Å². The molecule has 19 heavy (non-hydrogen) atoms. The Morgan fingerprint density at radius 3 is 2.58 bits per heavy atom. The fourth-order valence-corrected chi connectivity index (χ4v) is 1.50. The van der Waals surface area contributed by atoms with Gasteiger partial charge in [-0.05, 0) is 48.4 Å². The lowest BCUT2D eigenvalue weighted by atomic mass is 10.1. The first kappa shape index (κ1) is 12.8. The number of methoxy groups -OCH3 is 1. The fourth-order valence-electron chi connectivity index (χ4n) is 1.50. The standard InChI is InChI=1S/C16H11FO2/c1-19-15-4-2-3-12(11-15)5-10-16(18)13-6-8-14(17)9-7-13/h2-4,6-9,11H,1H3. The lowest BCUT2D eigenvalue weighted by Gasteiger charge is -1.98. The van der Waals surface area contributed by atoms with Gasteiger partial charge < -0.3 is 4.74 Å². The van der Waals surface area contributed by atoms with Crippen LogP contribution in [0.25, 0.3) is 0 Å². The number of benzene rings is 2. The Hall–Kier alpha value is -2.60. The molecule has 0 bridgehead atoms. The van der Waals surface area contributed by atoms with Crippen LogP contribution in [0, 0.1) is 17.7 Å². The van der Waals surface area contributed by atoms with E-state index in [9.17, 15) is 9.18 Å². The SMILES string of the molecule is COc1cccc(C#CC(=O)c2ccc(F)cc2)c1. The number of ether oxygens (including phenoxy) is 1. The predicted molar refractivity (Wildman–Crippen MR) is 70.6 cm³/mol. The molecule has 94 valence electrons. The van der Waals surface area contributed by atoms with Crippen LogP contribution >= 0.6 is 0 Å². The zero-order valence-electron chi connectivity index (χ0n) is 10.3. The maximum atomic E-state index is 12.7. The molecule has 3 heteroatoms. The third kappa shape index (κ3) is 3.43. The number of carbonyl (C=O) groups is 1. The molecule has 0 aliphatic rings. The number of Topliss-reactive ketones (excluding diaryl/α,β-unsaturated/α-hetero) is 1. The highest BCUT2D eigenvalue weighted by atomic mass is 19.1. The summed E-state index contributed by atoms with van der Waals surface area (Å²) in [5, 5.41) is 0. The van der Waals surface area contributed by atoms with Crippen LogP contribution in [-0.4, -0.2) is 12.9 Å². The molecule has 0 aliphatic carbocycles. The second kappa shape index (κ2) is 5.83. The number of rotatable bonds is 2. The van der Waals surface area contributed by atoms with Crippen molar-refractivity contribution < 1.29 is 13.9 Å². The monoisotopic (exact) mass is 254 g/mol. The first-order valence-corrected chi connectivity index (χ1v) is 5.65. The van der Waals surface area contributed by atoms with E-state index in [-0.39, 0.29) is 11.6 Å². The third-order valence-electron chi connectivity index (χ3n) is 2.50. The molecule has 2 rings (SSSR count). The van der Waals surface area contributed by atoms with Gasteiger partial charge in [0.1, 0.15) is 11.6 Å². The minimum absolute atomic E-state index is 0.345. The Labute approximate surface area is 110 Å². The highest BCUT2D eigenvalue weighted by Crippen LogP contribution is 2.11. The van der Waals surface area contributed by atoms with E-state index in [2.05, 4.69) is 11.8 Å². The molecule has 0 saturated heterocycles. The molecule has 2 aromatic carbocycles. The van der Waals surface area contributed by atoms with Crippen molar-refractivity contribution in [2.45, 2.75) is 0 Å². The second-order valence-corrected chi connectivity index (χ2v) is 3.82. The van der Waals surface area contributed by atoms with E-state index in [1.54, 1.807) is 31.4 Å². The van der Waals surface area contributed by atoms with Crippen molar-refractivity contribution in [3.8, 4) is 17.6 Å². The van der Waals surface area contributed by atoms with Gasteiger partial charge in [0.2, 0.25) is 5.78 Å². The molecule has 0 heterocycles. The van der Waals surface area contributed by atoms with Crippen LogP contribution in [0.5, 0.6) is 5.75 Å². The molecule has 0 fully saturated rings. The quantitative estimate of drug-likeness (QED) is 0.608. The molecule has 2 aromatic rings. The van der Waals surface area contributed by atoms with Crippen molar-refractivity contribution in [3.05, 3.63) is 65.5 Å². The van der Waals surface area contributed by atoms with Gasteiger partial charge in [0.25, 0.3) is 0 Å². The number of halogens is 1. The van der Waals surface area contributed by atoms with E-state index in [1.165, 1.54) is 24.3 Å². The zero-order valence-corrected chi connectivity index (χ0v) is 10.3. The van der Waals surface area contributed by atoms with Crippen molar-refractivity contribution in [1.29, 1.82) is 0 Å². The summed E-state index contributed by atoms with van der Waals surface area (Å²) in [6.45, 7) is 0. The van der Waals surface area contributed by atoms with Gasteiger partial charge in [-0.15, -0.1) is 0 Å². The molecule has 0 N–H and O–H groups in total. The summed E-state index contributed by atoms with van der Waals surface area (Å²) in [6.07, 6.45) is 0. The Kier molecular flexibility index (Phi) is 3.94. The molecule has 0 atom stereocenters. The van der Waals surface area contributed by atoms with Gasteiger partial charge in [-0.3, -0.25) is 4.79 Å². The summed E-state index contributed by atoms with van der Waals surface area (Å²) >= 11 is 0. The first-order chi connectivity index (χ1) is 9.19. The number of carbonyl (C=O) groups excluding carboxylic acids is 1. The molecule has 0 amide bonds. The minimum atomic E-state index is -0.377. The number of ketones is 1. The molecular formula is C16H11FO2. The van der Waals surface area contributed by atoms with Gasteiger partial charge in [-0.25, -0.2) is 4.39 Å². The lowest BCUT2D eigenvalue weighted by Crippen LogP contribution is -1.94. The summed E-state index contributed by atoms with van der Waals surface area (Å²) < 4.78 is 17.8. The maximum Gasteiger partial charge on any atom is 0.236 e. The molecule has 2 nitrogen and oxygen atoms in total. The van der Waals surface area contributed by atoms with Crippen LogP contribution < -0.4 is 4.74 Å². The highest BCUT2D eigenvalue weighted by molar-refractivity contribution is 6.09. The Morgan fingerprint density at radius 1 is 1.16 bits per heavy atom. The number of hydrogen-bond acceptors (Lipinski definition) is 2. The van der Waals surface area contributed by atoms with E-state index in [0.717, 1.165) is 0 Å². The van der Waals surface area contributed by atoms with Crippen molar-refractivity contribution in [2.75, 3.05) is 7.11 Å². The zero-order chi connectivity index (χ0) is 13.7. The molecular weight excluding hydrogens is 243 g/mol. The molecule has 0 aromatic heterocycles. The van der Waals surface area contributed by atoms with Crippen LogP contribution in [-0.2, 0) is 0 Å². The Bertz CT molecular complexity index is 648. The Balaban J connectivity index is 2.19. The molecule has 0 aliphatic heterocycles. The fraction of sp³-hybridized carbons (Fsp3) is 0.0625. The lowest BCUT2D eigenvalue weighted by molar-refractivity contribution is 0.105. The predicted octanol–water partition coefficient (Wildman–Crippen LogP) is 3.07. The Morgan fingerprint density at radius 2 is 1.89 bits per heavy atom. The normalized spacial score (nSPS) is 9.37. The third-order valence-corrected chi connectivity index (χ3v) is 2.50. The van der Waals surface area contributed by atoms with Crippen LogP contribution in [0.15, 0.2) is 48.5 Å². The average Bonchev–Trinajstić information content (AvgIpc) is 2.46. The van der Waals surface area contributed by atoms with Crippen LogP contribution in [0.1, 0.15) is 15.9 Å². The van der Waals surface area contributed by atoms with Crippen LogP contribution in [0.3, 0.4) is 0 Å². The van der Waals surface area contributed by atoms with Crippen LogP contribution in [0.4, 0.5) is 4.39 Å². The summed E-state index contributed by atoms with van der Waals surface area (Å²) in [7, 11) is 1.57.